The Kier molecular flexibility index (Phi) is 6.71. The first-order valence-corrected chi connectivity index (χ1v) is 13.1. The van der Waals surface area contributed by atoms with Gasteiger partial charge in [-0.25, -0.2) is 17.2 Å². The van der Waals surface area contributed by atoms with Gasteiger partial charge in [0, 0.05) is 23.1 Å². The molecular weight excluding hydrogens is 533 g/mol. The van der Waals surface area contributed by atoms with Crippen molar-refractivity contribution >= 4 is 21.4 Å². The van der Waals surface area contributed by atoms with Crippen LogP contribution in [0.4, 0.5) is 27.6 Å². The highest BCUT2D eigenvalue weighted by atomic mass is 32.2. The van der Waals surface area contributed by atoms with Crippen LogP contribution in [-0.2, 0) is 21.7 Å². The fraction of sp³-hybridized carbons (Fsp3) is 0.320. The number of nitrogens with one attached hydrogen (secondary N) is 1. The van der Waals surface area contributed by atoms with Crippen LogP contribution in [0.15, 0.2) is 35.2 Å². The summed E-state index contributed by atoms with van der Waals surface area (Å²) in [6.45, 7) is 3.81. The van der Waals surface area contributed by atoms with Crippen LogP contribution in [0.5, 0.6) is 11.6 Å². The van der Waals surface area contributed by atoms with Crippen LogP contribution in [0.1, 0.15) is 51.1 Å². The monoisotopic (exact) mass is 555 g/mol. The summed E-state index contributed by atoms with van der Waals surface area (Å²) in [5, 5.41) is 9.00. The molecule has 0 aliphatic heterocycles. The topological polar surface area (TPSA) is 98.2 Å². The highest BCUT2D eigenvalue weighted by molar-refractivity contribution is 7.90. The van der Waals surface area contributed by atoms with Gasteiger partial charge in [-0.1, -0.05) is 6.07 Å². The van der Waals surface area contributed by atoms with E-state index in [1.165, 1.54) is 38.1 Å². The lowest BCUT2D eigenvalue weighted by atomic mass is 10.00. The molecule has 1 aromatic heterocycles. The van der Waals surface area contributed by atoms with Gasteiger partial charge < -0.3 is 10.1 Å². The molecule has 1 amide bonds. The molecule has 1 aliphatic carbocycles. The van der Waals surface area contributed by atoms with Gasteiger partial charge in [0.2, 0.25) is 0 Å². The molecule has 202 valence electrons. The number of aromatic nitrogens is 2. The molecular formula is C25H22F5N3O4S. The van der Waals surface area contributed by atoms with Gasteiger partial charge in [0.1, 0.15) is 22.8 Å². The Bertz CT molecular complexity index is 1570. The summed E-state index contributed by atoms with van der Waals surface area (Å²) in [5.74, 6) is -2.77. The fourth-order valence-electron chi connectivity index (χ4n) is 4.01. The normalized spacial score (nSPS) is 14.8. The smallest absolute Gasteiger partial charge is 0.435 e. The molecule has 2 aromatic carbocycles. The van der Waals surface area contributed by atoms with Crippen molar-refractivity contribution in [2.24, 2.45) is 0 Å². The van der Waals surface area contributed by atoms with Crippen molar-refractivity contribution in [1.29, 1.82) is 0 Å². The molecule has 38 heavy (non-hydrogen) atoms. The number of halogens is 5. The highest BCUT2D eigenvalue weighted by Gasteiger charge is 2.47. The SMILES string of the molecule is Cc1cc(C2(F)CC2)c(F)c(C)c1Oc1nnc(C(F)(F)F)c(C)c1C(=O)Nc1cccc(S(C)(=O)=O)c1. The minimum absolute atomic E-state index is 0.0194. The fourth-order valence-corrected chi connectivity index (χ4v) is 4.67. The van der Waals surface area contributed by atoms with Crippen LogP contribution < -0.4 is 10.1 Å². The molecule has 7 nitrogen and oxygen atoms in total. The first kappa shape index (κ1) is 27.4. The maximum absolute atomic E-state index is 15.0. The van der Waals surface area contributed by atoms with E-state index in [0.29, 0.717) is 0 Å². The van der Waals surface area contributed by atoms with Gasteiger partial charge in [-0.15, -0.1) is 10.2 Å². The Hall–Kier alpha value is -3.61. The van der Waals surface area contributed by atoms with Crippen molar-refractivity contribution in [3.05, 3.63) is 69.7 Å². The number of benzene rings is 2. The molecule has 0 unspecified atom stereocenters. The van der Waals surface area contributed by atoms with Gasteiger partial charge in [0.25, 0.3) is 11.8 Å². The van der Waals surface area contributed by atoms with Gasteiger partial charge in [-0.2, -0.15) is 13.2 Å². The summed E-state index contributed by atoms with van der Waals surface area (Å²) in [6.07, 6.45) is -3.68. The standard InChI is InChI=1S/C25H22F5N3O4S/c1-12-10-17(24(27)8-9-24)19(26)14(3)20(12)37-23-18(13(2)21(32-33-23)25(28,29)30)22(34)31-15-6-5-7-16(11-15)38(4,35)36/h5-7,10-11H,8-9H2,1-4H3,(H,31,34). The second-order valence-electron chi connectivity index (χ2n) is 9.18. The summed E-state index contributed by atoms with van der Waals surface area (Å²) >= 11 is 0. The summed E-state index contributed by atoms with van der Waals surface area (Å²) < 4.78 is 99.7. The van der Waals surface area contributed by atoms with E-state index in [0.717, 1.165) is 19.2 Å². The Labute approximate surface area is 215 Å². The zero-order valence-corrected chi connectivity index (χ0v) is 21.4. The van der Waals surface area contributed by atoms with Gasteiger partial charge >= 0.3 is 6.18 Å². The second-order valence-corrected chi connectivity index (χ2v) is 11.2. The first-order valence-electron chi connectivity index (χ1n) is 11.3. The van der Waals surface area contributed by atoms with E-state index < -0.39 is 56.1 Å². The third kappa shape index (κ3) is 5.19. The van der Waals surface area contributed by atoms with Crippen molar-refractivity contribution in [2.45, 2.75) is 50.4 Å². The number of anilines is 1. The molecule has 1 N–H and O–H groups in total. The molecule has 1 heterocycles. The lowest BCUT2D eigenvalue weighted by Gasteiger charge is -2.19. The molecule has 4 rings (SSSR count). The summed E-state index contributed by atoms with van der Waals surface area (Å²) in [5.41, 5.74) is -4.49. The number of rotatable bonds is 6. The van der Waals surface area contributed by atoms with E-state index in [9.17, 15) is 30.8 Å². The number of sulfone groups is 1. The maximum atomic E-state index is 15.0. The number of amides is 1. The first-order chi connectivity index (χ1) is 17.5. The molecule has 0 radical (unpaired) electrons. The zero-order chi connectivity index (χ0) is 28.2. The van der Waals surface area contributed by atoms with Crippen LogP contribution in [0, 0.1) is 26.6 Å². The van der Waals surface area contributed by atoms with Gasteiger partial charge in [0.05, 0.1) is 4.90 Å². The third-order valence-corrected chi connectivity index (χ3v) is 7.31. The molecule has 1 saturated carbocycles. The van der Waals surface area contributed by atoms with Crippen LogP contribution in [0.25, 0.3) is 0 Å². The van der Waals surface area contributed by atoms with Crippen molar-refractivity contribution in [3.8, 4) is 11.6 Å². The third-order valence-electron chi connectivity index (χ3n) is 6.20. The van der Waals surface area contributed by atoms with E-state index in [4.69, 9.17) is 4.74 Å². The Balaban J connectivity index is 1.80. The molecule has 0 bridgehead atoms. The highest BCUT2D eigenvalue weighted by Crippen LogP contribution is 2.52. The minimum atomic E-state index is -4.96. The molecule has 3 aromatic rings. The molecule has 1 fully saturated rings. The van der Waals surface area contributed by atoms with Crippen LogP contribution >= 0.6 is 0 Å². The molecule has 1 aliphatic rings. The van der Waals surface area contributed by atoms with Crippen LogP contribution in [0.3, 0.4) is 0 Å². The van der Waals surface area contributed by atoms with E-state index in [2.05, 4.69) is 15.5 Å². The van der Waals surface area contributed by atoms with E-state index >= 15 is 4.39 Å². The van der Waals surface area contributed by atoms with Crippen LogP contribution in [-0.4, -0.2) is 30.8 Å². The largest absolute Gasteiger partial charge is 0.436 e. The Morgan fingerprint density at radius 3 is 2.32 bits per heavy atom. The number of carbonyl (C=O) groups excluding carboxylic acids is 1. The number of hydrogen-bond acceptors (Lipinski definition) is 6. The second kappa shape index (κ2) is 9.29. The summed E-state index contributed by atoms with van der Waals surface area (Å²) in [7, 11) is -3.64. The van der Waals surface area contributed by atoms with Crippen molar-refractivity contribution in [3.63, 3.8) is 0 Å². The van der Waals surface area contributed by atoms with Crippen LogP contribution in [0.2, 0.25) is 0 Å². The predicted octanol–water partition coefficient (Wildman–Crippen LogP) is 5.97. The quantitative estimate of drug-likeness (QED) is 0.377. The van der Waals surface area contributed by atoms with Gasteiger partial charge in [-0.05, 0) is 69.0 Å². The molecule has 0 saturated heterocycles. The molecule has 13 heteroatoms. The lowest BCUT2D eigenvalue weighted by molar-refractivity contribution is -0.142. The summed E-state index contributed by atoms with van der Waals surface area (Å²) in [6, 6.07) is 6.36. The van der Waals surface area contributed by atoms with Crippen molar-refractivity contribution in [2.75, 3.05) is 11.6 Å². The van der Waals surface area contributed by atoms with Gasteiger partial charge in [-0.3, -0.25) is 4.79 Å². The number of alkyl halides is 4. The Morgan fingerprint density at radius 1 is 1.08 bits per heavy atom. The van der Waals surface area contributed by atoms with Gasteiger partial charge in [0.15, 0.2) is 15.5 Å². The predicted molar refractivity (Wildman–Crippen MR) is 127 cm³/mol. The lowest BCUT2D eigenvalue weighted by Crippen LogP contribution is -2.21. The number of nitrogens with zero attached hydrogens (tertiary/aromatic N) is 2. The van der Waals surface area contributed by atoms with Crippen molar-refractivity contribution in [1.82, 2.24) is 10.2 Å². The number of carbonyl (C=O) groups is 1. The number of aryl methyl sites for hydroxylation is 1. The zero-order valence-electron chi connectivity index (χ0n) is 20.6. The average molecular weight is 556 g/mol. The van der Waals surface area contributed by atoms with E-state index in [1.54, 1.807) is 0 Å². The summed E-state index contributed by atoms with van der Waals surface area (Å²) in [4.78, 5) is 13.1. The minimum Gasteiger partial charge on any atom is -0.436 e. The van der Waals surface area contributed by atoms with E-state index in [1.807, 2.05) is 0 Å². The Morgan fingerprint density at radius 2 is 1.74 bits per heavy atom. The molecule has 0 spiro atoms. The molecule has 0 atom stereocenters. The van der Waals surface area contributed by atoms with E-state index in [-0.39, 0.29) is 45.9 Å². The number of hydrogen-bond donors (Lipinski definition) is 1. The van der Waals surface area contributed by atoms with Crippen molar-refractivity contribution < 1.29 is 39.9 Å². The number of ether oxygens (including phenoxy) is 1. The maximum Gasteiger partial charge on any atom is 0.435 e. The average Bonchev–Trinajstić information content (AvgIpc) is 3.56.